The molecule has 0 aromatic heterocycles. The van der Waals surface area contributed by atoms with Gasteiger partial charge in [-0.15, -0.1) is 0 Å². The highest BCUT2D eigenvalue weighted by molar-refractivity contribution is 5.76. The molecule has 1 heterocycles. The third-order valence-electron chi connectivity index (χ3n) is 2.76. The summed E-state index contributed by atoms with van der Waals surface area (Å²) in [5.41, 5.74) is 0. The number of phenolic OH excluding ortho intramolecular Hbond substituents is 1. The fraction of sp³-hybridized carbons (Fsp3) is 0.417. The molecular weight excluding hydrogens is 204 g/mol. The number of likely N-dealkylation sites (tertiary alicyclic amines) is 1. The fourth-order valence-corrected chi connectivity index (χ4v) is 1.85. The van der Waals surface area contributed by atoms with Gasteiger partial charge in [-0.3, -0.25) is 5.41 Å². The van der Waals surface area contributed by atoms with E-state index >= 15 is 0 Å². The topological polar surface area (TPSA) is 56.6 Å². The molecule has 1 fully saturated rings. The van der Waals surface area contributed by atoms with Crippen molar-refractivity contribution in [1.29, 1.82) is 5.41 Å². The van der Waals surface area contributed by atoms with Gasteiger partial charge in [0.25, 0.3) is 0 Å². The number of nitrogens with zero attached hydrogens (tertiary/aromatic N) is 1. The summed E-state index contributed by atoms with van der Waals surface area (Å²) >= 11 is 0. The molecule has 0 aliphatic carbocycles. The van der Waals surface area contributed by atoms with Crippen LogP contribution in [-0.4, -0.2) is 35.0 Å². The molecule has 1 aliphatic rings. The smallest absolute Gasteiger partial charge is 0.120 e. The second kappa shape index (κ2) is 4.43. The van der Waals surface area contributed by atoms with Crippen LogP contribution in [0.15, 0.2) is 24.3 Å². The quantitative estimate of drug-likeness (QED) is 0.590. The van der Waals surface area contributed by atoms with E-state index in [4.69, 9.17) is 15.3 Å². The molecule has 4 nitrogen and oxygen atoms in total. The summed E-state index contributed by atoms with van der Waals surface area (Å²) in [6.45, 7) is 3.46. The molecule has 0 radical (unpaired) electrons. The number of amidine groups is 1. The van der Waals surface area contributed by atoms with Crippen LogP contribution in [0.3, 0.4) is 0 Å². The molecule has 1 saturated heterocycles. The van der Waals surface area contributed by atoms with Crippen molar-refractivity contribution in [3.8, 4) is 11.5 Å². The normalized spacial score (nSPS) is 19.8. The predicted molar refractivity (Wildman–Crippen MR) is 62.1 cm³/mol. The van der Waals surface area contributed by atoms with E-state index < -0.39 is 0 Å². The van der Waals surface area contributed by atoms with Gasteiger partial charge in [0.15, 0.2) is 0 Å². The molecule has 1 atom stereocenters. The van der Waals surface area contributed by atoms with Crippen LogP contribution in [-0.2, 0) is 0 Å². The Morgan fingerprint density at radius 1 is 1.44 bits per heavy atom. The molecule has 2 N–H and O–H groups in total. The first-order valence-electron chi connectivity index (χ1n) is 5.41. The van der Waals surface area contributed by atoms with E-state index in [0.717, 1.165) is 25.3 Å². The first-order valence-corrected chi connectivity index (χ1v) is 5.41. The second-order valence-electron chi connectivity index (χ2n) is 4.05. The first kappa shape index (κ1) is 10.8. The summed E-state index contributed by atoms with van der Waals surface area (Å²) in [6, 6.07) is 6.75. The van der Waals surface area contributed by atoms with Crippen LogP contribution in [0.5, 0.6) is 11.5 Å². The average molecular weight is 220 g/mol. The summed E-state index contributed by atoms with van der Waals surface area (Å²) < 4.78 is 5.76. The van der Waals surface area contributed by atoms with Crippen molar-refractivity contribution < 1.29 is 9.84 Å². The Hall–Kier alpha value is -1.71. The van der Waals surface area contributed by atoms with Gasteiger partial charge in [-0.05, 0) is 31.2 Å². The van der Waals surface area contributed by atoms with E-state index in [0.29, 0.717) is 5.84 Å². The van der Waals surface area contributed by atoms with E-state index in [1.54, 1.807) is 31.2 Å². The Morgan fingerprint density at radius 3 is 2.69 bits per heavy atom. The van der Waals surface area contributed by atoms with E-state index in [2.05, 4.69) is 0 Å². The highest BCUT2D eigenvalue weighted by atomic mass is 16.5. The molecule has 1 unspecified atom stereocenters. The summed E-state index contributed by atoms with van der Waals surface area (Å²) in [4.78, 5) is 2.01. The Balaban J connectivity index is 1.92. The number of ether oxygens (including phenoxy) is 1. The van der Waals surface area contributed by atoms with E-state index in [1.165, 1.54) is 0 Å². The lowest BCUT2D eigenvalue weighted by Crippen LogP contribution is -2.28. The van der Waals surface area contributed by atoms with Crippen LogP contribution in [0.4, 0.5) is 0 Å². The highest BCUT2D eigenvalue weighted by Crippen LogP contribution is 2.20. The van der Waals surface area contributed by atoms with Crippen molar-refractivity contribution in [2.45, 2.75) is 19.4 Å². The second-order valence-corrected chi connectivity index (χ2v) is 4.05. The van der Waals surface area contributed by atoms with Gasteiger partial charge in [-0.2, -0.15) is 0 Å². The molecular formula is C12H16N2O2. The van der Waals surface area contributed by atoms with Gasteiger partial charge in [-0.1, -0.05) is 0 Å². The lowest BCUT2D eigenvalue weighted by Gasteiger charge is -2.17. The Bertz CT molecular complexity index is 375. The van der Waals surface area contributed by atoms with Gasteiger partial charge in [0.2, 0.25) is 0 Å². The van der Waals surface area contributed by atoms with E-state index in [9.17, 15) is 0 Å². The van der Waals surface area contributed by atoms with Crippen LogP contribution < -0.4 is 4.74 Å². The number of aromatic hydroxyl groups is 1. The largest absolute Gasteiger partial charge is 0.508 e. The minimum Gasteiger partial charge on any atom is -0.508 e. The molecule has 2 rings (SSSR count). The Kier molecular flexibility index (Phi) is 2.99. The lowest BCUT2D eigenvalue weighted by molar-refractivity contribution is 0.214. The summed E-state index contributed by atoms with van der Waals surface area (Å²) in [5, 5.41) is 16.7. The molecule has 0 bridgehead atoms. The third-order valence-corrected chi connectivity index (χ3v) is 2.76. The van der Waals surface area contributed by atoms with Crippen molar-refractivity contribution in [3.63, 3.8) is 0 Å². The zero-order valence-electron chi connectivity index (χ0n) is 9.31. The molecule has 0 amide bonds. The SMILES string of the molecule is CC(=N)N1CCC(Oc2ccc(O)cc2)C1. The summed E-state index contributed by atoms with van der Waals surface area (Å²) in [7, 11) is 0. The first-order chi connectivity index (χ1) is 7.65. The summed E-state index contributed by atoms with van der Waals surface area (Å²) in [6.07, 6.45) is 1.08. The number of phenols is 1. The number of nitrogens with one attached hydrogen (secondary N) is 1. The maximum Gasteiger partial charge on any atom is 0.120 e. The van der Waals surface area contributed by atoms with Crippen molar-refractivity contribution in [2.24, 2.45) is 0 Å². The Morgan fingerprint density at radius 2 is 2.12 bits per heavy atom. The number of hydrogen-bond donors (Lipinski definition) is 2. The number of benzene rings is 1. The molecule has 0 spiro atoms. The predicted octanol–water partition coefficient (Wildman–Crippen LogP) is 1.84. The van der Waals surface area contributed by atoms with E-state index in [1.807, 2.05) is 4.90 Å². The summed E-state index contributed by atoms with van der Waals surface area (Å²) in [5.74, 6) is 1.61. The van der Waals surface area contributed by atoms with Gasteiger partial charge >= 0.3 is 0 Å². The molecule has 16 heavy (non-hydrogen) atoms. The van der Waals surface area contributed by atoms with Gasteiger partial charge in [0, 0.05) is 13.0 Å². The van der Waals surface area contributed by atoms with Gasteiger partial charge in [0.05, 0.1) is 12.4 Å². The zero-order chi connectivity index (χ0) is 11.5. The average Bonchev–Trinajstić information content (AvgIpc) is 2.70. The van der Waals surface area contributed by atoms with Crippen LogP contribution in [0, 0.1) is 5.41 Å². The molecule has 1 aliphatic heterocycles. The number of hydrogen-bond acceptors (Lipinski definition) is 3. The van der Waals surface area contributed by atoms with Crippen LogP contribution in [0.2, 0.25) is 0 Å². The monoisotopic (exact) mass is 220 g/mol. The van der Waals surface area contributed by atoms with Gasteiger partial charge < -0.3 is 14.7 Å². The molecule has 1 aromatic rings. The van der Waals surface area contributed by atoms with E-state index in [-0.39, 0.29) is 11.9 Å². The van der Waals surface area contributed by atoms with Crippen molar-refractivity contribution in [2.75, 3.05) is 13.1 Å². The molecule has 86 valence electrons. The maximum absolute atomic E-state index is 9.14. The van der Waals surface area contributed by atoms with Crippen LogP contribution in [0.25, 0.3) is 0 Å². The van der Waals surface area contributed by atoms with Crippen LogP contribution >= 0.6 is 0 Å². The minimum atomic E-state index is 0.143. The van der Waals surface area contributed by atoms with Crippen molar-refractivity contribution >= 4 is 5.84 Å². The fourth-order valence-electron chi connectivity index (χ4n) is 1.85. The van der Waals surface area contributed by atoms with Gasteiger partial charge in [0.1, 0.15) is 17.6 Å². The van der Waals surface area contributed by atoms with Crippen LogP contribution in [0.1, 0.15) is 13.3 Å². The lowest BCUT2D eigenvalue weighted by atomic mass is 10.3. The maximum atomic E-state index is 9.14. The van der Waals surface area contributed by atoms with Crippen molar-refractivity contribution in [3.05, 3.63) is 24.3 Å². The molecule has 1 aromatic carbocycles. The van der Waals surface area contributed by atoms with Crippen molar-refractivity contribution in [1.82, 2.24) is 4.90 Å². The third kappa shape index (κ3) is 2.45. The number of rotatable bonds is 2. The zero-order valence-corrected chi connectivity index (χ0v) is 9.31. The Labute approximate surface area is 95.0 Å². The standard InChI is InChI=1S/C12H16N2O2/c1-9(13)14-7-6-12(8-14)16-11-4-2-10(15)3-5-11/h2-5,12-13,15H,6-8H2,1H3. The van der Waals surface area contributed by atoms with Gasteiger partial charge in [-0.25, -0.2) is 0 Å². The minimum absolute atomic E-state index is 0.143. The molecule has 0 saturated carbocycles. The molecule has 4 heteroatoms. The highest BCUT2D eigenvalue weighted by Gasteiger charge is 2.23.